The Bertz CT molecular complexity index is 891. The van der Waals surface area contributed by atoms with E-state index >= 15 is 0 Å². The second-order valence-electron chi connectivity index (χ2n) is 5.61. The van der Waals surface area contributed by atoms with Crippen LogP contribution >= 0.6 is 0 Å². The van der Waals surface area contributed by atoms with Crippen molar-refractivity contribution in [1.82, 2.24) is 4.31 Å². The summed E-state index contributed by atoms with van der Waals surface area (Å²) in [5, 5.41) is 2.62. The molecule has 1 N–H and O–H groups in total. The number of amides is 1. The molecule has 0 saturated heterocycles. The Morgan fingerprint density at radius 3 is 2.30 bits per heavy atom. The van der Waals surface area contributed by atoms with Gasteiger partial charge in [0.1, 0.15) is 5.75 Å². The van der Waals surface area contributed by atoms with Crippen LogP contribution in [0.5, 0.6) is 5.75 Å². The third-order valence-electron chi connectivity index (χ3n) is 3.89. The van der Waals surface area contributed by atoms with Gasteiger partial charge in [-0.05, 0) is 36.4 Å². The van der Waals surface area contributed by atoms with Crippen LogP contribution in [-0.2, 0) is 14.8 Å². The smallest absolute Gasteiger partial charge is 0.262 e. The monoisotopic (exact) mass is 390 g/mol. The molecule has 7 nitrogen and oxygen atoms in total. The Kier molecular flexibility index (Phi) is 7.09. The highest BCUT2D eigenvalue weighted by atomic mass is 32.2. The molecule has 0 unspecified atom stereocenters. The zero-order chi connectivity index (χ0) is 19.9. The SMILES string of the molecule is CCN(CC)S(=O)(=O)c1ccc(NC(=O)COc2ccccc2C=O)cc1. The normalized spacial score (nSPS) is 11.2. The van der Waals surface area contributed by atoms with Crippen LogP contribution in [-0.4, -0.2) is 44.6 Å². The quantitative estimate of drug-likeness (QED) is 0.664. The summed E-state index contributed by atoms with van der Waals surface area (Å²) < 4.78 is 31.6. The number of sulfonamides is 1. The van der Waals surface area contributed by atoms with Crippen molar-refractivity contribution in [2.45, 2.75) is 18.7 Å². The summed E-state index contributed by atoms with van der Waals surface area (Å²) in [5.41, 5.74) is 0.807. The molecule has 27 heavy (non-hydrogen) atoms. The highest BCUT2D eigenvalue weighted by Crippen LogP contribution is 2.19. The summed E-state index contributed by atoms with van der Waals surface area (Å²) in [6, 6.07) is 12.5. The minimum Gasteiger partial charge on any atom is -0.483 e. The highest BCUT2D eigenvalue weighted by molar-refractivity contribution is 7.89. The van der Waals surface area contributed by atoms with Gasteiger partial charge in [0.25, 0.3) is 5.91 Å². The van der Waals surface area contributed by atoms with Crippen molar-refractivity contribution in [2.75, 3.05) is 25.0 Å². The van der Waals surface area contributed by atoms with Crippen LogP contribution in [0.15, 0.2) is 53.4 Å². The lowest BCUT2D eigenvalue weighted by Crippen LogP contribution is -2.30. The van der Waals surface area contributed by atoms with E-state index in [0.717, 1.165) is 0 Å². The van der Waals surface area contributed by atoms with Crippen molar-refractivity contribution in [3.63, 3.8) is 0 Å². The molecule has 0 spiro atoms. The summed E-state index contributed by atoms with van der Waals surface area (Å²) in [6.45, 7) is 4.05. The minimum atomic E-state index is -3.54. The predicted octanol–water partition coefficient (Wildman–Crippen LogP) is 2.55. The molecule has 2 aromatic rings. The van der Waals surface area contributed by atoms with E-state index in [1.807, 2.05) is 0 Å². The molecule has 0 saturated carbocycles. The van der Waals surface area contributed by atoms with Crippen LogP contribution in [0.2, 0.25) is 0 Å². The Hall–Kier alpha value is -2.71. The third kappa shape index (κ3) is 5.15. The van der Waals surface area contributed by atoms with Gasteiger partial charge in [0, 0.05) is 18.8 Å². The van der Waals surface area contributed by atoms with Crippen molar-refractivity contribution in [2.24, 2.45) is 0 Å². The molecule has 0 atom stereocenters. The Morgan fingerprint density at radius 1 is 1.07 bits per heavy atom. The van der Waals surface area contributed by atoms with Crippen molar-refractivity contribution < 1.29 is 22.7 Å². The fourth-order valence-electron chi connectivity index (χ4n) is 2.47. The van der Waals surface area contributed by atoms with Crippen LogP contribution in [0.1, 0.15) is 24.2 Å². The first-order valence-corrected chi connectivity index (χ1v) is 9.93. The van der Waals surface area contributed by atoms with E-state index in [2.05, 4.69) is 5.32 Å². The van der Waals surface area contributed by atoms with Crippen molar-refractivity contribution in [3.8, 4) is 5.75 Å². The molecule has 2 rings (SSSR count). The fourth-order valence-corrected chi connectivity index (χ4v) is 3.93. The molecule has 0 aliphatic rings. The lowest BCUT2D eigenvalue weighted by Gasteiger charge is -2.18. The van der Waals surface area contributed by atoms with E-state index in [-0.39, 0.29) is 11.5 Å². The van der Waals surface area contributed by atoms with E-state index in [1.54, 1.807) is 38.1 Å². The molecule has 144 valence electrons. The summed E-state index contributed by atoms with van der Waals surface area (Å²) in [4.78, 5) is 23.1. The summed E-state index contributed by atoms with van der Waals surface area (Å²) >= 11 is 0. The van der Waals surface area contributed by atoms with Gasteiger partial charge in [-0.2, -0.15) is 4.31 Å². The van der Waals surface area contributed by atoms with Gasteiger partial charge in [-0.1, -0.05) is 26.0 Å². The van der Waals surface area contributed by atoms with Gasteiger partial charge in [-0.15, -0.1) is 0 Å². The molecule has 0 aromatic heterocycles. The van der Waals surface area contributed by atoms with Gasteiger partial charge in [0.2, 0.25) is 10.0 Å². The van der Waals surface area contributed by atoms with E-state index in [0.29, 0.717) is 36.4 Å². The molecule has 0 bridgehead atoms. The maximum absolute atomic E-state index is 12.4. The number of aldehydes is 1. The fraction of sp³-hybridized carbons (Fsp3) is 0.263. The van der Waals surface area contributed by atoms with E-state index in [4.69, 9.17) is 4.74 Å². The first-order chi connectivity index (χ1) is 12.9. The molecule has 0 radical (unpaired) electrons. The van der Waals surface area contributed by atoms with Crippen molar-refractivity contribution >= 4 is 27.9 Å². The second-order valence-corrected chi connectivity index (χ2v) is 7.54. The van der Waals surface area contributed by atoms with Gasteiger partial charge >= 0.3 is 0 Å². The zero-order valence-electron chi connectivity index (χ0n) is 15.2. The average Bonchev–Trinajstić information content (AvgIpc) is 2.67. The van der Waals surface area contributed by atoms with Crippen LogP contribution in [0.4, 0.5) is 5.69 Å². The molecular formula is C19H22N2O5S. The van der Waals surface area contributed by atoms with Gasteiger partial charge < -0.3 is 10.1 Å². The van der Waals surface area contributed by atoms with E-state index in [9.17, 15) is 18.0 Å². The number of hydrogen-bond donors (Lipinski definition) is 1. The van der Waals surface area contributed by atoms with Crippen molar-refractivity contribution in [3.05, 3.63) is 54.1 Å². The Morgan fingerprint density at radius 2 is 1.70 bits per heavy atom. The number of rotatable bonds is 9. The number of ether oxygens (including phenoxy) is 1. The molecule has 1 amide bonds. The number of carbonyl (C=O) groups excluding carboxylic acids is 2. The van der Waals surface area contributed by atoms with Gasteiger partial charge in [-0.25, -0.2) is 8.42 Å². The van der Waals surface area contributed by atoms with Crippen LogP contribution < -0.4 is 10.1 Å². The first-order valence-electron chi connectivity index (χ1n) is 8.49. The second kappa shape index (κ2) is 9.29. The van der Waals surface area contributed by atoms with E-state index in [1.165, 1.54) is 28.6 Å². The summed E-state index contributed by atoms with van der Waals surface area (Å²) in [5.74, 6) is -0.0987. The van der Waals surface area contributed by atoms with Crippen LogP contribution in [0, 0.1) is 0 Å². The number of benzene rings is 2. The lowest BCUT2D eigenvalue weighted by atomic mass is 10.2. The van der Waals surface area contributed by atoms with Gasteiger partial charge in [-0.3, -0.25) is 9.59 Å². The zero-order valence-corrected chi connectivity index (χ0v) is 16.0. The number of carbonyl (C=O) groups is 2. The predicted molar refractivity (Wildman–Crippen MR) is 103 cm³/mol. The standard InChI is InChI=1S/C19H22N2O5S/c1-3-21(4-2)27(24,25)17-11-9-16(10-12-17)20-19(23)14-26-18-8-6-5-7-15(18)13-22/h5-13H,3-4,14H2,1-2H3,(H,20,23). The van der Waals surface area contributed by atoms with Crippen LogP contribution in [0.3, 0.4) is 0 Å². The summed E-state index contributed by atoms with van der Waals surface area (Å²) in [6.07, 6.45) is 0.655. The molecule has 2 aromatic carbocycles. The van der Waals surface area contributed by atoms with Crippen molar-refractivity contribution in [1.29, 1.82) is 0 Å². The molecule has 0 fully saturated rings. The Balaban J connectivity index is 2.00. The minimum absolute atomic E-state index is 0.167. The highest BCUT2D eigenvalue weighted by Gasteiger charge is 2.21. The molecule has 0 aliphatic carbocycles. The Labute approximate surface area is 159 Å². The number of nitrogens with one attached hydrogen (secondary N) is 1. The van der Waals surface area contributed by atoms with Crippen LogP contribution in [0.25, 0.3) is 0 Å². The number of hydrogen-bond acceptors (Lipinski definition) is 5. The van der Waals surface area contributed by atoms with Gasteiger partial charge in [0.15, 0.2) is 12.9 Å². The summed E-state index contributed by atoms with van der Waals surface area (Å²) in [7, 11) is -3.54. The van der Waals surface area contributed by atoms with Gasteiger partial charge in [0.05, 0.1) is 10.5 Å². The molecular weight excluding hydrogens is 368 g/mol. The maximum atomic E-state index is 12.4. The number of nitrogens with zero attached hydrogens (tertiary/aromatic N) is 1. The molecule has 8 heteroatoms. The number of para-hydroxylation sites is 1. The largest absolute Gasteiger partial charge is 0.483 e. The lowest BCUT2D eigenvalue weighted by molar-refractivity contribution is -0.118. The maximum Gasteiger partial charge on any atom is 0.262 e. The topological polar surface area (TPSA) is 92.8 Å². The number of anilines is 1. The van der Waals surface area contributed by atoms with E-state index < -0.39 is 15.9 Å². The first kappa shape index (κ1) is 20.6. The average molecular weight is 390 g/mol. The molecule has 0 aliphatic heterocycles. The third-order valence-corrected chi connectivity index (χ3v) is 5.95. The molecule has 0 heterocycles.